The number of pyridine rings is 1. The second-order valence-corrected chi connectivity index (χ2v) is 6.36. The Balaban J connectivity index is 1.69. The minimum atomic E-state index is -0.188. The van der Waals surface area contributed by atoms with Gasteiger partial charge < -0.3 is 9.64 Å². The number of fused-ring (bicyclic) bond motifs is 1. The number of morpholine rings is 1. The molecule has 0 aliphatic carbocycles. The molecule has 1 aliphatic rings. The summed E-state index contributed by atoms with van der Waals surface area (Å²) in [6.45, 7) is 3.18. The van der Waals surface area contributed by atoms with Crippen LogP contribution in [-0.2, 0) is 4.74 Å². The van der Waals surface area contributed by atoms with Gasteiger partial charge in [0.25, 0.3) is 5.56 Å². The topological polar surface area (TPSA) is 55.3 Å². The van der Waals surface area contributed by atoms with Crippen LogP contribution in [0.1, 0.15) is 0 Å². The molecule has 0 spiro atoms. The van der Waals surface area contributed by atoms with E-state index in [1.165, 1.54) is 11.3 Å². The highest BCUT2D eigenvalue weighted by molar-refractivity contribution is 7.21. The molecule has 23 heavy (non-hydrogen) atoms. The van der Waals surface area contributed by atoms with Crippen LogP contribution >= 0.6 is 11.3 Å². The summed E-state index contributed by atoms with van der Waals surface area (Å²) in [7, 11) is 0. The zero-order valence-corrected chi connectivity index (χ0v) is 13.3. The molecule has 0 amide bonds. The molecule has 4 rings (SSSR count). The van der Waals surface area contributed by atoms with E-state index in [0.717, 1.165) is 42.4 Å². The van der Waals surface area contributed by atoms with Crippen LogP contribution in [0.3, 0.4) is 0 Å². The smallest absolute Gasteiger partial charge is 0.279 e. The minimum absolute atomic E-state index is 0.188. The summed E-state index contributed by atoms with van der Waals surface area (Å²) < 4.78 is 6.30. The van der Waals surface area contributed by atoms with Crippen molar-refractivity contribution < 1.29 is 4.74 Å². The van der Waals surface area contributed by atoms with E-state index < -0.39 is 0 Å². The first-order valence-corrected chi connectivity index (χ1v) is 8.32. The minimum Gasteiger partial charge on any atom is -0.378 e. The third-order valence-electron chi connectivity index (χ3n) is 3.86. The molecule has 1 saturated heterocycles. The highest BCUT2D eigenvalue weighted by Crippen LogP contribution is 2.26. The number of rotatable bonds is 2. The predicted molar refractivity (Wildman–Crippen MR) is 92.2 cm³/mol. The quantitative estimate of drug-likeness (QED) is 0.725. The largest absolute Gasteiger partial charge is 0.378 e. The lowest BCUT2D eigenvalue weighted by Gasteiger charge is -2.27. The van der Waals surface area contributed by atoms with Crippen molar-refractivity contribution in [3.8, 4) is 10.6 Å². The first-order chi connectivity index (χ1) is 11.3. The summed E-state index contributed by atoms with van der Waals surface area (Å²) in [5.41, 5.74) is 0.682. The molecule has 1 aromatic carbocycles. The third kappa shape index (κ3) is 2.83. The Morgan fingerprint density at radius 2 is 1.91 bits per heavy atom. The molecule has 6 heteroatoms. The zero-order chi connectivity index (χ0) is 15.6. The Morgan fingerprint density at radius 1 is 1.09 bits per heavy atom. The van der Waals surface area contributed by atoms with E-state index in [9.17, 15) is 4.79 Å². The second kappa shape index (κ2) is 6.06. The molecule has 0 saturated carbocycles. The van der Waals surface area contributed by atoms with Crippen molar-refractivity contribution in [2.24, 2.45) is 0 Å². The van der Waals surface area contributed by atoms with E-state index in [0.29, 0.717) is 10.4 Å². The SMILES string of the molecule is O=c1nc(-c2ccc(N3CCOCC3)nc2)sc2ccccc12. The summed E-state index contributed by atoms with van der Waals surface area (Å²) in [5.74, 6) is 0.935. The number of aromatic nitrogens is 2. The number of hydrogen-bond donors (Lipinski definition) is 0. The average molecular weight is 325 g/mol. The van der Waals surface area contributed by atoms with Gasteiger partial charge in [-0.1, -0.05) is 12.1 Å². The lowest BCUT2D eigenvalue weighted by Crippen LogP contribution is -2.36. The molecule has 0 atom stereocenters. The first-order valence-electron chi connectivity index (χ1n) is 7.50. The monoisotopic (exact) mass is 325 g/mol. The Bertz CT molecular complexity index is 886. The molecular weight excluding hydrogens is 310 g/mol. The fraction of sp³-hybridized carbons (Fsp3) is 0.235. The molecule has 3 aromatic rings. The van der Waals surface area contributed by atoms with Gasteiger partial charge in [0, 0.05) is 29.5 Å². The van der Waals surface area contributed by atoms with Gasteiger partial charge in [0.05, 0.1) is 18.6 Å². The van der Waals surface area contributed by atoms with Crippen molar-refractivity contribution in [1.82, 2.24) is 9.97 Å². The summed E-state index contributed by atoms with van der Waals surface area (Å²) >= 11 is 1.51. The van der Waals surface area contributed by atoms with Gasteiger partial charge in [-0.15, -0.1) is 11.3 Å². The highest BCUT2D eigenvalue weighted by atomic mass is 32.1. The molecule has 116 valence electrons. The van der Waals surface area contributed by atoms with Gasteiger partial charge >= 0.3 is 0 Å². The Labute approximate surface area is 137 Å². The molecule has 0 radical (unpaired) electrons. The molecule has 5 nitrogen and oxygen atoms in total. The van der Waals surface area contributed by atoms with Crippen molar-refractivity contribution >= 4 is 27.2 Å². The molecular formula is C17H15N3O2S. The van der Waals surface area contributed by atoms with Gasteiger partial charge in [0.15, 0.2) is 0 Å². The number of nitrogens with zero attached hydrogens (tertiary/aromatic N) is 3. The van der Waals surface area contributed by atoms with Crippen LogP contribution in [0, 0.1) is 0 Å². The maximum atomic E-state index is 12.1. The van der Waals surface area contributed by atoms with Crippen LogP contribution in [-0.4, -0.2) is 36.3 Å². The van der Waals surface area contributed by atoms with Gasteiger partial charge in [-0.25, -0.2) is 4.98 Å². The maximum absolute atomic E-state index is 12.1. The average Bonchev–Trinajstić information content (AvgIpc) is 2.63. The van der Waals surface area contributed by atoms with Crippen LogP contribution in [0.15, 0.2) is 47.4 Å². The Morgan fingerprint density at radius 3 is 2.70 bits per heavy atom. The van der Waals surface area contributed by atoms with E-state index >= 15 is 0 Å². The molecule has 0 unspecified atom stereocenters. The number of benzene rings is 1. The van der Waals surface area contributed by atoms with E-state index in [1.54, 1.807) is 6.20 Å². The van der Waals surface area contributed by atoms with Gasteiger partial charge in [0.1, 0.15) is 10.8 Å². The van der Waals surface area contributed by atoms with E-state index in [4.69, 9.17) is 4.74 Å². The lowest BCUT2D eigenvalue weighted by molar-refractivity contribution is 0.122. The third-order valence-corrected chi connectivity index (χ3v) is 4.95. The summed E-state index contributed by atoms with van der Waals surface area (Å²) in [5, 5.41) is 1.37. The number of ether oxygens (including phenoxy) is 1. The Kier molecular flexibility index (Phi) is 3.77. The molecule has 3 heterocycles. The summed E-state index contributed by atoms with van der Waals surface area (Å²) in [4.78, 5) is 23.1. The van der Waals surface area contributed by atoms with Crippen LogP contribution in [0.4, 0.5) is 5.82 Å². The molecule has 0 bridgehead atoms. The van der Waals surface area contributed by atoms with Gasteiger partial charge in [-0.3, -0.25) is 4.79 Å². The van der Waals surface area contributed by atoms with Crippen LogP contribution in [0.5, 0.6) is 0 Å². The first kappa shape index (κ1) is 14.3. The van der Waals surface area contributed by atoms with Crippen molar-refractivity contribution in [2.45, 2.75) is 0 Å². The summed E-state index contributed by atoms with van der Waals surface area (Å²) in [6.07, 6.45) is 1.79. The van der Waals surface area contributed by atoms with Crippen molar-refractivity contribution in [2.75, 3.05) is 31.2 Å². The maximum Gasteiger partial charge on any atom is 0.279 e. The van der Waals surface area contributed by atoms with E-state index in [1.807, 2.05) is 36.4 Å². The standard InChI is InChI=1S/C17H15N3O2S/c21-16-13-3-1-2-4-14(13)23-17(19-16)12-5-6-15(18-11-12)20-7-9-22-10-8-20/h1-6,11H,7-10H2. The van der Waals surface area contributed by atoms with Crippen molar-refractivity contribution in [3.05, 3.63) is 52.9 Å². The number of anilines is 1. The molecule has 1 aliphatic heterocycles. The second-order valence-electron chi connectivity index (χ2n) is 5.32. The molecule has 2 aromatic heterocycles. The fourth-order valence-corrected chi connectivity index (χ4v) is 3.61. The Hall–Kier alpha value is -2.31. The van der Waals surface area contributed by atoms with Gasteiger partial charge in [0.2, 0.25) is 0 Å². The van der Waals surface area contributed by atoms with E-state index in [2.05, 4.69) is 14.9 Å². The summed E-state index contributed by atoms with van der Waals surface area (Å²) in [6, 6.07) is 11.5. The highest BCUT2D eigenvalue weighted by Gasteiger charge is 2.13. The van der Waals surface area contributed by atoms with Crippen molar-refractivity contribution in [3.63, 3.8) is 0 Å². The van der Waals surface area contributed by atoms with Crippen LogP contribution < -0.4 is 10.5 Å². The predicted octanol–water partition coefficient (Wildman–Crippen LogP) is 2.56. The van der Waals surface area contributed by atoms with Gasteiger partial charge in [-0.05, 0) is 24.3 Å². The van der Waals surface area contributed by atoms with Gasteiger partial charge in [-0.2, -0.15) is 4.98 Å². The molecule has 1 fully saturated rings. The fourth-order valence-electron chi connectivity index (χ4n) is 2.63. The van der Waals surface area contributed by atoms with Crippen molar-refractivity contribution in [1.29, 1.82) is 0 Å². The molecule has 0 N–H and O–H groups in total. The normalized spacial score (nSPS) is 15.0. The lowest BCUT2D eigenvalue weighted by atomic mass is 10.2. The zero-order valence-electron chi connectivity index (χ0n) is 12.4. The number of hydrogen-bond acceptors (Lipinski definition) is 6. The van der Waals surface area contributed by atoms with Crippen LogP contribution in [0.25, 0.3) is 20.7 Å². The van der Waals surface area contributed by atoms with Crippen LogP contribution in [0.2, 0.25) is 0 Å². The van der Waals surface area contributed by atoms with E-state index in [-0.39, 0.29) is 5.56 Å².